The standard InChI is InChI=1S/C14H12N2.2C2H6/c1-10-6-14(7-11(2)16-10)13-5-3-4-12(8-13)9-15;2*1-2/h3-8H,1-2H3;2*1-2H3. The summed E-state index contributed by atoms with van der Waals surface area (Å²) in [5.41, 5.74) is 4.86. The zero-order valence-electron chi connectivity index (χ0n) is 13.4. The van der Waals surface area contributed by atoms with E-state index in [1.165, 1.54) is 0 Å². The lowest BCUT2D eigenvalue weighted by molar-refractivity contribution is 1.12. The molecule has 2 rings (SSSR count). The number of rotatable bonds is 1. The first-order valence-corrected chi connectivity index (χ1v) is 7.15. The van der Waals surface area contributed by atoms with Crippen molar-refractivity contribution in [1.82, 2.24) is 4.98 Å². The monoisotopic (exact) mass is 268 g/mol. The van der Waals surface area contributed by atoms with E-state index in [4.69, 9.17) is 5.26 Å². The minimum absolute atomic E-state index is 0.685. The second kappa shape index (κ2) is 9.75. The van der Waals surface area contributed by atoms with Crippen LogP contribution in [0, 0.1) is 25.2 Å². The zero-order valence-corrected chi connectivity index (χ0v) is 13.4. The first-order valence-electron chi connectivity index (χ1n) is 7.15. The van der Waals surface area contributed by atoms with Crippen molar-refractivity contribution in [3.63, 3.8) is 0 Å². The minimum Gasteiger partial charge on any atom is -0.258 e. The highest BCUT2D eigenvalue weighted by molar-refractivity contribution is 5.65. The smallest absolute Gasteiger partial charge is 0.0991 e. The Balaban J connectivity index is 0.000000829. The Labute approximate surface area is 123 Å². The average Bonchev–Trinajstić information content (AvgIpc) is 2.50. The van der Waals surface area contributed by atoms with E-state index < -0.39 is 0 Å². The van der Waals surface area contributed by atoms with Gasteiger partial charge in [0.25, 0.3) is 0 Å². The van der Waals surface area contributed by atoms with Crippen molar-refractivity contribution in [2.24, 2.45) is 0 Å². The Morgan fingerprint density at radius 3 is 1.90 bits per heavy atom. The lowest BCUT2D eigenvalue weighted by atomic mass is 10.0. The van der Waals surface area contributed by atoms with Crippen LogP contribution in [0.3, 0.4) is 0 Å². The predicted molar refractivity (Wildman–Crippen MR) is 86.6 cm³/mol. The molecule has 1 aromatic heterocycles. The van der Waals surface area contributed by atoms with E-state index in [2.05, 4.69) is 11.1 Å². The van der Waals surface area contributed by atoms with Gasteiger partial charge in [0, 0.05) is 11.4 Å². The molecule has 0 fully saturated rings. The lowest BCUT2D eigenvalue weighted by Crippen LogP contribution is -1.88. The summed E-state index contributed by atoms with van der Waals surface area (Å²) in [7, 11) is 0. The fraction of sp³-hybridized carbons (Fsp3) is 0.333. The van der Waals surface area contributed by atoms with Gasteiger partial charge in [0.1, 0.15) is 0 Å². The maximum absolute atomic E-state index is 8.86. The number of pyridine rings is 1. The molecule has 0 aliphatic heterocycles. The topological polar surface area (TPSA) is 36.7 Å². The molecule has 0 N–H and O–H groups in total. The van der Waals surface area contributed by atoms with Crippen LogP contribution in [0.15, 0.2) is 36.4 Å². The van der Waals surface area contributed by atoms with E-state index in [1.54, 1.807) is 0 Å². The predicted octanol–water partition coefficient (Wildman–Crippen LogP) is 5.29. The summed E-state index contributed by atoms with van der Waals surface area (Å²) in [6, 6.07) is 13.8. The minimum atomic E-state index is 0.685. The number of aryl methyl sites for hydroxylation is 2. The van der Waals surface area contributed by atoms with Crippen LogP contribution in [0.1, 0.15) is 44.6 Å². The molecule has 2 nitrogen and oxygen atoms in total. The highest BCUT2D eigenvalue weighted by atomic mass is 14.7. The largest absolute Gasteiger partial charge is 0.258 e. The Bertz CT molecular complexity index is 546. The van der Waals surface area contributed by atoms with Crippen LogP contribution < -0.4 is 0 Å². The number of aromatic nitrogens is 1. The Kier molecular flexibility index (Phi) is 8.70. The molecule has 0 saturated heterocycles. The summed E-state index contributed by atoms with van der Waals surface area (Å²) in [5, 5.41) is 8.86. The molecule has 106 valence electrons. The van der Waals surface area contributed by atoms with E-state index in [9.17, 15) is 0 Å². The molecular weight excluding hydrogens is 244 g/mol. The molecule has 0 atom stereocenters. The Morgan fingerprint density at radius 2 is 1.40 bits per heavy atom. The maximum Gasteiger partial charge on any atom is 0.0991 e. The van der Waals surface area contributed by atoms with Crippen molar-refractivity contribution in [3.8, 4) is 17.2 Å². The first kappa shape index (κ1) is 17.9. The van der Waals surface area contributed by atoms with Crippen LogP contribution in [-0.2, 0) is 0 Å². The van der Waals surface area contributed by atoms with Gasteiger partial charge >= 0.3 is 0 Å². The molecule has 0 spiro atoms. The molecule has 2 aromatic rings. The summed E-state index contributed by atoms with van der Waals surface area (Å²) < 4.78 is 0. The van der Waals surface area contributed by atoms with E-state index in [1.807, 2.05) is 77.9 Å². The molecule has 0 unspecified atom stereocenters. The number of nitrogens with zero attached hydrogens (tertiary/aromatic N) is 2. The summed E-state index contributed by atoms with van der Waals surface area (Å²) in [6.45, 7) is 12.0. The van der Waals surface area contributed by atoms with Crippen molar-refractivity contribution in [2.75, 3.05) is 0 Å². The normalized spacial score (nSPS) is 8.45. The molecule has 0 saturated carbocycles. The van der Waals surface area contributed by atoms with E-state index in [0.717, 1.165) is 22.5 Å². The van der Waals surface area contributed by atoms with Crippen LogP contribution in [0.25, 0.3) is 11.1 Å². The van der Waals surface area contributed by atoms with Crippen LogP contribution in [0.5, 0.6) is 0 Å². The molecule has 1 aromatic carbocycles. The summed E-state index contributed by atoms with van der Waals surface area (Å²) in [4.78, 5) is 4.34. The fourth-order valence-electron chi connectivity index (χ4n) is 1.77. The third-order valence-electron chi connectivity index (χ3n) is 2.41. The number of hydrogen-bond acceptors (Lipinski definition) is 2. The van der Waals surface area contributed by atoms with Gasteiger partial charge < -0.3 is 0 Å². The SMILES string of the molecule is CC.CC.Cc1cc(-c2cccc(C#N)c2)cc(C)n1. The van der Waals surface area contributed by atoms with Gasteiger partial charge in [-0.15, -0.1) is 0 Å². The second-order valence-corrected chi connectivity index (χ2v) is 3.83. The van der Waals surface area contributed by atoms with E-state index in [-0.39, 0.29) is 0 Å². The van der Waals surface area contributed by atoms with Crippen LogP contribution in [0.4, 0.5) is 0 Å². The van der Waals surface area contributed by atoms with Crippen LogP contribution in [-0.4, -0.2) is 4.98 Å². The van der Waals surface area contributed by atoms with Crippen molar-refractivity contribution >= 4 is 0 Å². The molecule has 20 heavy (non-hydrogen) atoms. The Hall–Kier alpha value is -2.14. The van der Waals surface area contributed by atoms with Crippen LogP contribution >= 0.6 is 0 Å². The summed E-state index contributed by atoms with van der Waals surface area (Å²) in [5.74, 6) is 0. The molecule has 0 amide bonds. The molecule has 1 heterocycles. The van der Waals surface area contributed by atoms with Gasteiger partial charge in [0.05, 0.1) is 11.6 Å². The van der Waals surface area contributed by atoms with Crippen molar-refractivity contribution < 1.29 is 0 Å². The van der Waals surface area contributed by atoms with Gasteiger partial charge in [0.2, 0.25) is 0 Å². The third kappa shape index (κ3) is 5.24. The van der Waals surface area contributed by atoms with Gasteiger partial charge in [-0.3, -0.25) is 4.98 Å². The van der Waals surface area contributed by atoms with Crippen molar-refractivity contribution in [1.29, 1.82) is 5.26 Å². The first-order chi connectivity index (χ1) is 9.69. The second-order valence-electron chi connectivity index (χ2n) is 3.83. The molecule has 0 aliphatic rings. The summed E-state index contributed by atoms with van der Waals surface area (Å²) in [6.07, 6.45) is 0. The van der Waals surface area contributed by atoms with Crippen LogP contribution in [0.2, 0.25) is 0 Å². The highest BCUT2D eigenvalue weighted by Gasteiger charge is 2.01. The number of benzene rings is 1. The van der Waals surface area contributed by atoms with Crippen molar-refractivity contribution in [2.45, 2.75) is 41.5 Å². The van der Waals surface area contributed by atoms with Crippen molar-refractivity contribution in [3.05, 3.63) is 53.3 Å². The van der Waals surface area contributed by atoms with Gasteiger partial charge in [-0.05, 0) is 49.2 Å². The quantitative estimate of drug-likeness (QED) is 0.704. The van der Waals surface area contributed by atoms with Gasteiger partial charge in [-0.25, -0.2) is 0 Å². The van der Waals surface area contributed by atoms with Gasteiger partial charge in [-0.1, -0.05) is 39.8 Å². The fourth-order valence-corrected chi connectivity index (χ4v) is 1.77. The molecule has 0 radical (unpaired) electrons. The summed E-state index contributed by atoms with van der Waals surface area (Å²) >= 11 is 0. The molecule has 0 bridgehead atoms. The Morgan fingerprint density at radius 1 is 0.850 bits per heavy atom. The number of hydrogen-bond donors (Lipinski definition) is 0. The van der Waals surface area contributed by atoms with E-state index in [0.29, 0.717) is 5.56 Å². The average molecular weight is 268 g/mol. The van der Waals surface area contributed by atoms with Gasteiger partial charge in [-0.2, -0.15) is 5.26 Å². The number of nitriles is 1. The zero-order chi connectivity index (χ0) is 15.5. The molecular formula is C18H24N2. The third-order valence-corrected chi connectivity index (χ3v) is 2.41. The van der Waals surface area contributed by atoms with E-state index >= 15 is 0 Å². The molecule has 2 heteroatoms. The molecule has 0 aliphatic carbocycles. The maximum atomic E-state index is 8.86. The highest BCUT2D eigenvalue weighted by Crippen LogP contribution is 2.21. The van der Waals surface area contributed by atoms with Gasteiger partial charge in [0.15, 0.2) is 0 Å². The lowest BCUT2D eigenvalue weighted by Gasteiger charge is -2.04.